The van der Waals surface area contributed by atoms with Gasteiger partial charge in [0.05, 0.1) is 18.7 Å². The van der Waals surface area contributed by atoms with E-state index in [1.165, 1.54) is 0 Å². The number of aromatic nitrogens is 2. The molecular weight excluding hydrogens is 310 g/mol. The molecule has 2 heterocycles. The number of hydrogen-bond donors (Lipinski definition) is 1. The van der Waals surface area contributed by atoms with Gasteiger partial charge in [-0.3, -0.25) is 9.48 Å². The molecule has 7 nitrogen and oxygen atoms in total. The molecule has 2 aliphatic rings. The van der Waals surface area contributed by atoms with Crippen LogP contribution < -0.4 is 5.73 Å². The van der Waals surface area contributed by atoms with Crippen molar-refractivity contribution in [1.82, 2.24) is 9.78 Å². The van der Waals surface area contributed by atoms with Gasteiger partial charge < -0.3 is 15.2 Å². The number of aryl methyl sites for hydroxylation is 1. The Bertz CT molecular complexity index is 773. The van der Waals surface area contributed by atoms with Crippen molar-refractivity contribution in [2.45, 2.75) is 39.0 Å². The second-order valence-corrected chi connectivity index (χ2v) is 5.96. The molecule has 0 aromatic carbocycles. The SMILES string of the molecule is CCOC(=O)C1=C(N)OC2=C(C(=O)CCC2)C1c1cnn(C)c1C. The van der Waals surface area contributed by atoms with Crippen molar-refractivity contribution in [3.63, 3.8) is 0 Å². The third kappa shape index (κ3) is 2.50. The molecule has 0 amide bonds. The topological polar surface area (TPSA) is 96.4 Å². The highest BCUT2D eigenvalue weighted by Crippen LogP contribution is 2.44. The lowest BCUT2D eigenvalue weighted by atomic mass is 9.77. The number of carbonyl (C=O) groups excluding carboxylic acids is 2. The summed E-state index contributed by atoms with van der Waals surface area (Å²) >= 11 is 0. The van der Waals surface area contributed by atoms with Crippen molar-refractivity contribution >= 4 is 11.8 Å². The molecule has 0 radical (unpaired) electrons. The molecule has 1 aliphatic heterocycles. The Morgan fingerprint density at radius 2 is 2.25 bits per heavy atom. The van der Waals surface area contributed by atoms with Gasteiger partial charge in [-0.15, -0.1) is 0 Å². The molecule has 1 unspecified atom stereocenters. The fourth-order valence-corrected chi connectivity index (χ4v) is 3.27. The zero-order valence-electron chi connectivity index (χ0n) is 14.1. The molecular formula is C17H21N3O4. The van der Waals surface area contributed by atoms with E-state index in [1.807, 2.05) is 14.0 Å². The van der Waals surface area contributed by atoms with Crippen LogP contribution in [0.1, 0.15) is 43.4 Å². The van der Waals surface area contributed by atoms with Crippen LogP contribution in [0, 0.1) is 6.92 Å². The first-order chi connectivity index (χ1) is 11.5. The normalized spacial score (nSPS) is 20.8. The molecule has 0 spiro atoms. The van der Waals surface area contributed by atoms with Crippen LogP contribution in [-0.4, -0.2) is 28.1 Å². The smallest absolute Gasteiger partial charge is 0.340 e. The summed E-state index contributed by atoms with van der Waals surface area (Å²) in [6.45, 7) is 3.83. The van der Waals surface area contributed by atoms with E-state index in [1.54, 1.807) is 17.8 Å². The van der Waals surface area contributed by atoms with Crippen LogP contribution in [0.25, 0.3) is 0 Å². The molecule has 0 saturated heterocycles. The Morgan fingerprint density at radius 3 is 2.88 bits per heavy atom. The third-order valence-corrected chi connectivity index (χ3v) is 4.56. The Kier molecular flexibility index (Phi) is 4.17. The average molecular weight is 331 g/mol. The standard InChI is InChI=1S/C17H21N3O4/c1-4-23-17(22)15-13(10-8-19-20(3)9(10)2)14-11(21)6-5-7-12(14)24-16(15)18/h8,13H,4-7,18H2,1-3H3. The van der Waals surface area contributed by atoms with E-state index in [2.05, 4.69) is 5.10 Å². The molecule has 2 N–H and O–H groups in total. The van der Waals surface area contributed by atoms with Crippen LogP contribution in [0.3, 0.4) is 0 Å². The van der Waals surface area contributed by atoms with Gasteiger partial charge in [-0.05, 0) is 20.3 Å². The second kappa shape index (κ2) is 6.14. The molecule has 0 saturated carbocycles. The van der Waals surface area contributed by atoms with Gasteiger partial charge in [-0.1, -0.05) is 0 Å². The van der Waals surface area contributed by atoms with Gasteiger partial charge in [0, 0.05) is 36.7 Å². The number of esters is 1. The maximum Gasteiger partial charge on any atom is 0.340 e. The fraction of sp³-hybridized carbons (Fsp3) is 0.471. The number of Topliss-reactive ketones (excluding diaryl/α,β-unsaturated/α-hetero) is 1. The first-order valence-electron chi connectivity index (χ1n) is 8.05. The molecule has 0 bridgehead atoms. The summed E-state index contributed by atoms with van der Waals surface area (Å²) in [4.78, 5) is 25.1. The number of rotatable bonds is 3. The quantitative estimate of drug-likeness (QED) is 0.845. The third-order valence-electron chi connectivity index (χ3n) is 4.56. The lowest BCUT2D eigenvalue weighted by Crippen LogP contribution is -2.31. The van der Waals surface area contributed by atoms with Crippen molar-refractivity contribution in [2.75, 3.05) is 6.61 Å². The minimum atomic E-state index is -0.589. The zero-order chi connectivity index (χ0) is 17.4. The van der Waals surface area contributed by atoms with Crippen molar-refractivity contribution in [2.24, 2.45) is 12.8 Å². The highest BCUT2D eigenvalue weighted by molar-refractivity contribution is 6.03. The number of nitrogens with two attached hydrogens (primary N) is 1. The first-order valence-corrected chi connectivity index (χ1v) is 8.05. The molecule has 1 atom stereocenters. The predicted molar refractivity (Wildman–Crippen MR) is 85.5 cm³/mol. The van der Waals surface area contributed by atoms with Crippen LogP contribution in [0.5, 0.6) is 0 Å². The average Bonchev–Trinajstić information content (AvgIpc) is 2.86. The number of hydrogen-bond acceptors (Lipinski definition) is 6. The Labute approximate surface area is 140 Å². The number of allylic oxidation sites excluding steroid dienone is 2. The van der Waals surface area contributed by atoms with E-state index < -0.39 is 11.9 Å². The maximum atomic E-state index is 12.6. The molecule has 3 rings (SSSR count). The lowest BCUT2D eigenvalue weighted by molar-refractivity contribution is -0.139. The summed E-state index contributed by atoms with van der Waals surface area (Å²) in [7, 11) is 1.81. The van der Waals surface area contributed by atoms with Gasteiger partial charge in [-0.2, -0.15) is 5.10 Å². The summed E-state index contributed by atoms with van der Waals surface area (Å²) in [5.74, 6) is -0.596. The van der Waals surface area contributed by atoms with Crippen molar-refractivity contribution in [3.8, 4) is 0 Å². The highest BCUT2D eigenvalue weighted by atomic mass is 16.5. The molecule has 1 aromatic rings. The highest BCUT2D eigenvalue weighted by Gasteiger charge is 2.42. The van der Waals surface area contributed by atoms with Crippen molar-refractivity contribution < 1.29 is 19.1 Å². The number of nitrogens with zero attached hydrogens (tertiary/aromatic N) is 2. The van der Waals surface area contributed by atoms with E-state index in [0.717, 1.165) is 17.7 Å². The van der Waals surface area contributed by atoms with Gasteiger partial charge in [0.25, 0.3) is 0 Å². The summed E-state index contributed by atoms with van der Waals surface area (Å²) < 4.78 is 12.5. The number of ketones is 1. The van der Waals surface area contributed by atoms with Crippen LogP contribution in [0.2, 0.25) is 0 Å². The molecule has 128 valence electrons. The van der Waals surface area contributed by atoms with E-state index in [9.17, 15) is 9.59 Å². The molecule has 24 heavy (non-hydrogen) atoms. The maximum absolute atomic E-state index is 12.6. The van der Waals surface area contributed by atoms with Crippen LogP contribution >= 0.6 is 0 Å². The van der Waals surface area contributed by atoms with Crippen molar-refractivity contribution in [3.05, 3.63) is 40.2 Å². The molecule has 1 aliphatic carbocycles. The zero-order valence-corrected chi connectivity index (χ0v) is 14.1. The van der Waals surface area contributed by atoms with Crippen molar-refractivity contribution in [1.29, 1.82) is 0 Å². The fourth-order valence-electron chi connectivity index (χ4n) is 3.27. The van der Waals surface area contributed by atoms with Gasteiger partial charge in [0.2, 0.25) is 5.88 Å². The largest absolute Gasteiger partial charge is 0.462 e. The Hall–Kier alpha value is -2.57. The van der Waals surface area contributed by atoms with E-state index in [0.29, 0.717) is 24.2 Å². The van der Waals surface area contributed by atoms with Gasteiger partial charge in [-0.25, -0.2) is 4.79 Å². The minimum absolute atomic E-state index is 0.00940. The van der Waals surface area contributed by atoms with Gasteiger partial charge >= 0.3 is 5.97 Å². The Morgan fingerprint density at radius 1 is 1.50 bits per heavy atom. The lowest BCUT2D eigenvalue weighted by Gasteiger charge is -2.32. The summed E-state index contributed by atoms with van der Waals surface area (Å²) in [6, 6.07) is 0. The predicted octanol–water partition coefficient (Wildman–Crippen LogP) is 1.58. The number of ether oxygens (including phenoxy) is 2. The summed E-state index contributed by atoms with van der Waals surface area (Å²) in [5.41, 5.74) is 8.36. The second-order valence-electron chi connectivity index (χ2n) is 5.96. The summed E-state index contributed by atoms with van der Waals surface area (Å²) in [5, 5.41) is 4.25. The monoisotopic (exact) mass is 331 g/mol. The number of carbonyl (C=O) groups is 2. The van der Waals surface area contributed by atoms with Crippen LogP contribution in [0.15, 0.2) is 29.0 Å². The molecule has 7 heteroatoms. The molecule has 0 fully saturated rings. The molecule has 1 aromatic heterocycles. The van der Waals surface area contributed by atoms with Gasteiger partial charge in [0.15, 0.2) is 5.78 Å². The van der Waals surface area contributed by atoms with E-state index in [-0.39, 0.29) is 23.8 Å². The van der Waals surface area contributed by atoms with Gasteiger partial charge in [0.1, 0.15) is 11.3 Å². The van der Waals surface area contributed by atoms with E-state index >= 15 is 0 Å². The van der Waals surface area contributed by atoms with Crippen LogP contribution in [-0.2, 0) is 26.1 Å². The first kappa shape index (κ1) is 16.3. The minimum Gasteiger partial charge on any atom is -0.462 e. The Balaban J connectivity index is 2.19. The summed E-state index contributed by atoms with van der Waals surface area (Å²) in [6.07, 6.45) is 3.46. The van der Waals surface area contributed by atoms with E-state index in [4.69, 9.17) is 15.2 Å². The van der Waals surface area contributed by atoms with Crippen LogP contribution in [0.4, 0.5) is 0 Å².